The van der Waals surface area contributed by atoms with Crippen LogP contribution in [0.3, 0.4) is 0 Å². The normalized spacial score (nSPS) is 17.8. The number of rotatable bonds is 10. The van der Waals surface area contributed by atoms with Gasteiger partial charge in [0.2, 0.25) is 0 Å². The summed E-state index contributed by atoms with van der Waals surface area (Å²) in [6.07, 6.45) is 1.21. The largest absolute Gasteiger partial charge is 0.492 e. The molecule has 0 aromatic heterocycles. The second-order valence-corrected chi connectivity index (χ2v) is 8.45. The molecule has 6 nitrogen and oxygen atoms in total. The smallest absolute Gasteiger partial charge is 0.193 e. The van der Waals surface area contributed by atoms with Gasteiger partial charge >= 0.3 is 0 Å². The van der Waals surface area contributed by atoms with Gasteiger partial charge in [-0.3, -0.25) is 4.99 Å². The lowest BCUT2D eigenvalue weighted by Gasteiger charge is -2.34. The van der Waals surface area contributed by atoms with Crippen LogP contribution in [0.4, 0.5) is 0 Å². The van der Waals surface area contributed by atoms with E-state index in [1.54, 1.807) is 7.11 Å². The number of hydrogen-bond acceptors (Lipinski definition) is 5. The number of benzene rings is 1. The Labute approximate surface area is 174 Å². The number of nitrogens with one attached hydrogen (secondary N) is 1. The van der Waals surface area contributed by atoms with Crippen molar-refractivity contribution in [2.24, 2.45) is 4.99 Å². The third-order valence-corrected chi connectivity index (χ3v) is 6.25. The van der Waals surface area contributed by atoms with Gasteiger partial charge in [0.05, 0.1) is 6.61 Å². The van der Waals surface area contributed by atoms with Crippen LogP contribution in [0.5, 0.6) is 5.75 Å². The van der Waals surface area contributed by atoms with Gasteiger partial charge in [-0.25, -0.2) is 0 Å². The van der Waals surface area contributed by atoms with Crippen LogP contribution in [0.2, 0.25) is 0 Å². The van der Waals surface area contributed by atoms with E-state index >= 15 is 0 Å². The predicted molar refractivity (Wildman–Crippen MR) is 120 cm³/mol. The van der Waals surface area contributed by atoms with Gasteiger partial charge in [0.1, 0.15) is 12.4 Å². The average molecular weight is 409 g/mol. The zero-order chi connectivity index (χ0) is 20.2. The minimum atomic E-state index is 0.669. The molecule has 28 heavy (non-hydrogen) atoms. The van der Waals surface area contributed by atoms with Crippen molar-refractivity contribution in [1.29, 1.82) is 0 Å². The fourth-order valence-electron chi connectivity index (χ4n) is 3.10. The Hall–Kier alpha value is -1.44. The van der Waals surface area contributed by atoms with Gasteiger partial charge in [-0.2, -0.15) is 11.8 Å². The Morgan fingerprint density at radius 1 is 1.36 bits per heavy atom. The summed E-state index contributed by atoms with van der Waals surface area (Å²) in [7, 11) is 5.67. The maximum atomic E-state index is 5.92. The molecule has 1 unspecified atom stereocenters. The molecule has 0 bridgehead atoms. The molecule has 1 aromatic rings. The number of methoxy groups -OCH3 is 1. The predicted octanol–water partition coefficient (Wildman–Crippen LogP) is 2.55. The zero-order valence-corrected chi connectivity index (χ0v) is 18.6. The van der Waals surface area contributed by atoms with Crippen LogP contribution in [0.25, 0.3) is 0 Å². The third-order valence-electron chi connectivity index (χ3n) is 4.87. The van der Waals surface area contributed by atoms with Crippen molar-refractivity contribution in [1.82, 2.24) is 15.1 Å². The molecule has 0 radical (unpaired) electrons. The van der Waals surface area contributed by atoms with Crippen molar-refractivity contribution in [3.63, 3.8) is 0 Å². The van der Waals surface area contributed by atoms with E-state index in [1.807, 2.05) is 19.2 Å². The number of likely N-dealkylation sites (N-methyl/N-ethyl adjacent to an activating group) is 1. The first-order chi connectivity index (χ1) is 13.7. The summed E-state index contributed by atoms with van der Waals surface area (Å²) in [5, 5.41) is 4.21. The van der Waals surface area contributed by atoms with Crippen molar-refractivity contribution in [3.8, 4) is 5.75 Å². The zero-order valence-electron chi connectivity index (χ0n) is 17.8. The van der Waals surface area contributed by atoms with E-state index in [2.05, 4.69) is 58.0 Å². The van der Waals surface area contributed by atoms with E-state index in [0.717, 1.165) is 51.0 Å². The van der Waals surface area contributed by atoms with Crippen LogP contribution in [0, 0.1) is 0 Å². The van der Waals surface area contributed by atoms with Gasteiger partial charge < -0.3 is 24.6 Å². The maximum Gasteiger partial charge on any atom is 0.193 e. The molecule has 0 saturated carbocycles. The van der Waals surface area contributed by atoms with Crippen LogP contribution in [-0.2, 0) is 11.3 Å². The maximum absolute atomic E-state index is 5.92. The van der Waals surface area contributed by atoms with Crippen molar-refractivity contribution >= 4 is 17.7 Å². The number of thioether (sulfide) groups is 1. The topological polar surface area (TPSA) is 49.3 Å². The lowest BCUT2D eigenvalue weighted by Crippen LogP contribution is -2.47. The number of ether oxygens (including phenoxy) is 2. The molecule has 0 aliphatic carbocycles. The minimum Gasteiger partial charge on any atom is -0.492 e. The first kappa shape index (κ1) is 22.8. The highest BCUT2D eigenvalue weighted by molar-refractivity contribution is 8.00. The van der Waals surface area contributed by atoms with E-state index in [-0.39, 0.29) is 0 Å². The Morgan fingerprint density at radius 2 is 2.18 bits per heavy atom. The molecule has 0 amide bonds. The number of hydrogen-bond donors (Lipinski definition) is 1. The lowest BCUT2D eigenvalue weighted by atomic mass is 10.2. The number of nitrogens with zero attached hydrogens (tertiary/aromatic N) is 3. The lowest BCUT2D eigenvalue weighted by molar-refractivity contribution is 0.150. The molecular weight excluding hydrogens is 372 g/mol. The quantitative estimate of drug-likeness (QED) is 0.474. The fraction of sp³-hybridized carbons (Fsp3) is 0.667. The molecule has 1 N–H and O–H groups in total. The fourth-order valence-corrected chi connectivity index (χ4v) is 4.28. The van der Waals surface area contributed by atoms with Crippen LogP contribution < -0.4 is 10.1 Å². The first-order valence-corrected chi connectivity index (χ1v) is 11.2. The summed E-state index contributed by atoms with van der Waals surface area (Å²) in [6, 6.07) is 8.30. The third kappa shape index (κ3) is 7.89. The highest BCUT2D eigenvalue weighted by Gasteiger charge is 2.21. The van der Waals surface area contributed by atoms with E-state index in [0.29, 0.717) is 11.9 Å². The Morgan fingerprint density at radius 3 is 2.93 bits per heavy atom. The molecule has 2 rings (SSSR count). The SMILES string of the molecule is CCC1CN(C(=NC)NCc2cccc(OCCN(C)CCOC)c2)CCS1. The minimum absolute atomic E-state index is 0.669. The summed E-state index contributed by atoms with van der Waals surface area (Å²) in [5.41, 5.74) is 1.20. The highest BCUT2D eigenvalue weighted by Crippen LogP contribution is 2.21. The van der Waals surface area contributed by atoms with Crippen molar-refractivity contribution in [2.75, 3.05) is 66.4 Å². The van der Waals surface area contributed by atoms with Crippen LogP contribution in [-0.4, -0.2) is 87.4 Å². The van der Waals surface area contributed by atoms with Gasteiger partial charge in [0.25, 0.3) is 0 Å². The van der Waals surface area contributed by atoms with E-state index < -0.39 is 0 Å². The molecule has 7 heteroatoms. The van der Waals surface area contributed by atoms with Gasteiger partial charge in [-0.1, -0.05) is 19.1 Å². The van der Waals surface area contributed by atoms with E-state index in [9.17, 15) is 0 Å². The molecule has 158 valence electrons. The summed E-state index contributed by atoms with van der Waals surface area (Å²) in [5.74, 6) is 3.07. The standard InChI is InChI=1S/C21H36N4O2S/c1-5-20-17-25(11-14-28-20)21(22-2)23-16-18-7-6-8-19(15-18)27-13-10-24(3)9-12-26-4/h6-8,15,20H,5,9-14,16-17H2,1-4H3,(H,22,23). The Kier molecular flexibility index (Phi) is 10.5. The second-order valence-electron chi connectivity index (χ2n) is 7.04. The van der Waals surface area contributed by atoms with Crippen molar-refractivity contribution in [3.05, 3.63) is 29.8 Å². The average Bonchev–Trinajstić information content (AvgIpc) is 2.73. The Bertz CT molecular complexity index is 600. The first-order valence-electron chi connectivity index (χ1n) is 10.1. The molecule has 0 spiro atoms. The molecule has 1 heterocycles. The molecular formula is C21H36N4O2S. The number of aliphatic imine (C=N–C) groups is 1. The monoisotopic (exact) mass is 408 g/mol. The second kappa shape index (κ2) is 12.9. The summed E-state index contributed by atoms with van der Waals surface area (Å²) < 4.78 is 11.0. The van der Waals surface area contributed by atoms with E-state index in [4.69, 9.17) is 9.47 Å². The molecule has 1 aliphatic heterocycles. The van der Waals surface area contributed by atoms with Crippen molar-refractivity contribution in [2.45, 2.75) is 25.1 Å². The van der Waals surface area contributed by atoms with Crippen LogP contribution >= 0.6 is 11.8 Å². The van der Waals surface area contributed by atoms with Gasteiger partial charge in [-0.05, 0) is 31.2 Å². The van der Waals surface area contributed by atoms with Gasteiger partial charge in [0.15, 0.2) is 5.96 Å². The number of guanidine groups is 1. The highest BCUT2D eigenvalue weighted by atomic mass is 32.2. The van der Waals surface area contributed by atoms with Crippen LogP contribution in [0.1, 0.15) is 18.9 Å². The van der Waals surface area contributed by atoms with Crippen molar-refractivity contribution < 1.29 is 9.47 Å². The summed E-state index contributed by atoms with van der Waals surface area (Å²) in [6.45, 7) is 8.34. The summed E-state index contributed by atoms with van der Waals surface area (Å²) in [4.78, 5) is 9.07. The van der Waals surface area contributed by atoms with Gasteiger partial charge in [0, 0.05) is 57.9 Å². The van der Waals surface area contributed by atoms with Crippen LogP contribution in [0.15, 0.2) is 29.3 Å². The molecule has 1 atom stereocenters. The Balaban J connectivity index is 1.80. The van der Waals surface area contributed by atoms with Gasteiger partial charge in [-0.15, -0.1) is 0 Å². The molecule has 1 saturated heterocycles. The molecule has 1 aliphatic rings. The molecule has 1 fully saturated rings. The molecule has 1 aromatic carbocycles. The van der Waals surface area contributed by atoms with E-state index in [1.165, 1.54) is 17.7 Å². The summed E-state index contributed by atoms with van der Waals surface area (Å²) >= 11 is 2.07.